The average Bonchev–Trinajstić information content (AvgIpc) is 2.71. The Morgan fingerprint density at radius 1 is 1.60 bits per heavy atom. The molecule has 0 amide bonds. The van der Waals surface area contributed by atoms with Crippen LogP contribution in [0, 0.1) is 0 Å². The Kier molecular flexibility index (Phi) is 3.69. The quantitative estimate of drug-likeness (QED) is 0.814. The monoisotopic (exact) mass is 207 g/mol. The van der Waals surface area contributed by atoms with Gasteiger partial charge < -0.3 is 9.84 Å². The summed E-state index contributed by atoms with van der Waals surface area (Å²) in [5.41, 5.74) is 1.09. The van der Waals surface area contributed by atoms with Crippen LogP contribution >= 0.6 is 0 Å². The van der Waals surface area contributed by atoms with E-state index in [1.165, 1.54) is 0 Å². The van der Waals surface area contributed by atoms with E-state index in [9.17, 15) is 5.11 Å². The van der Waals surface area contributed by atoms with E-state index in [1.807, 2.05) is 12.1 Å². The smallest absolute Gasteiger partial charge is 0.0605 e. The fourth-order valence-electron chi connectivity index (χ4n) is 2.01. The maximum atomic E-state index is 9.86. The molecule has 1 aliphatic rings. The Bertz CT molecular complexity index is 283. The Hall–Kier alpha value is -0.930. The number of aliphatic hydroxyl groups is 1. The number of rotatable bonds is 4. The van der Waals surface area contributed by atoms with Crippen LogP contribution in [0.3, 0.4) is 0 Å². The lowest BCUT2D eigenvalue weighted by molar-refractivity contribution is 0.0540. The summed E-state index contributed by atoms with van der Waals surface area (Å²) >= 11 is 0. The second-order valence-corrected chi connectivity index (χ2v) is 4.09. The van der Waals surface area contributed by atoms with Crippen molar-refractivity contribution in [3.63, 3.8) is 0 Å². The first-order valence-corrected chi connectivity index (χ1v) is 5.53. The van der Waals surface area contributed by atoms with E-state index in [1.54, 1.807) is 12.4 Å². The van der Waals surface area contributed by atoms with E-state index in [0.717, 1.165) is 31.4 Å². The predicted octanol–water partition coefficient (Wildman–Crippen LogP) is 1.55. The standard InChI is InChI=1S/C12H17NO2/c14-11(8-12-4-2-6-15-12)7-10-3-1-5-13-9-10/h1,3,5,9,11-12,14H,2,4,6-8H2. The minimum atomic E-state index is -0.308. The van der Waals surface area contributed by atoms with Gasteiger partial charge in [0, 0.05) is 19.0 Å². The van der Waals surface area contributed by atoms with Crippen LogP contribution in [0.5, 0.6) is 0 Å². The van der Waals surface area contributed by atoms with E-state index in [0.29, 0.717) is 6.42 Å². The summed E-state index contributed by atoms with van der Waals surface area (Å²) in [6.45, 7) is 0.851. The van der Waals surface area contributed by atoms with Crippen LogP contribution in [0.15, 0.2) is 24.5 Å². The van der Waals surface area contributed by atoms with Gasteiger partial charge in [0.25, 0.3) is 0 Å². The molecule has 1 aliphatic heterocycles. The first kappa shape index (κ1) is 10.6. The van der Waals surface area contributed by atoms with Crippen LogP contribution < -0.4 is 0 Å². The van der Waals surface area contributed by atoms with E-state index < -0.39 is 0 Å². The molecule has 0 saturated carbocycles. The SMILES string of the molecule is OC(Cc1cccnc1)CC1CCCO1. The molecular weight excluding hydrogens is 190 g/mol. The van der Waals surface area contributed by atoms with Crippen molar-refractivity contribution < 1.29 is 9.84 Å². The molecule has 2 unspecified atom stereocenters. The van der Waals surface area contributed by atoms with Gasteiger partial charge in [-0.2, -0.15) is 0 Å². The first-order chi connectivity index (χ1) is 7.34. The van der Waals surface area contributed by atoms with Gasteiger partial charge in [-0.25, -0.2) is 0 Å². The highest BCUT2D eigenvalue weighted by Gasteiger charge is 2.19. The molecule has 3 heteroatoms. The minimum absolute atomic E-state index is 0.261. The Morgan fingerprint density at radius 2 is 2.53 bits per heavy atom. The number of hydrogen-bond acceptors (Lipinski definition) is 3. The van der Waals surface area contributed by atoms with Crippen LogP contribution in [-0.2, 0) is 11.2 Å². The number of pyridine rings is 1. The summed E-state index contributed by atoms with van der Waals surface area (Å²) < 4.78 is 5.49. The van der Waals surface area contributed by atoms with Crippen molar-refractivity contribution >= 4 is 0 Å². The Morgan fingerprint density at radius 3 is 3.20 bits per heavy atom. The lowest BCUT2D eigenvalue weighted by atomic mass is 10.0. The third-order valence-corrected chi connectivity index (χ3v) is 2.75. The average molecular weight is 207 g/mol. The van der Waals surface area contributed by atoms with Crippen LogP contribution in [0.25, 0.3) is 0 Å². The zero-order chi connectivity index (χ0) is 10.5. The maximum Gasteiger partial charge on any atom is 0.0605 e. The lowest BCUT2D eigenvalue weighted by Crippen LogP contribution is -2.19. The summed E-state index contributed by atoms with van der Waals surface area (Å²) in [5, 5.41) is 9.86. The zero-order valence-corrected chi connectivity index (χ0v) is 8.80. The van der Waals surface area contributed by atoms with E-state index in [2.05, 4.69) is 4.98 Å². The molecule has 3 nitrogen and oxygen atoms in total. The molecule has 0 aliphatic carbocycles. The van der Waals surface area contributed by atoms with E-state index in [-0.39, 0.29) is 12.2 Å². The van der Waals surface area contributed by atoms with E-state index >= 15 is 0 Å². The summed E-state index contributed by atoms with van der Waals surface area (Å²) in [7, 11) is 0. The van der Waals surface area contributed by atoms with Crippen LogP contribution in [0.1, 0.15) is 24.8 Å². The van der Waals surface area contributed by atoms with Crippen molar-refractivity contribution in [1.29, 1.82) is 0 Å². The van der Waals surface area contributed by atoms with Gasteiger partial charge in [-0.05, 0) is 37.3 Å². The molecule has 0 bridgehead atoms. The minimum Gasteiger partial charge on any atom is -0.393 e. The fourth-order valence-corrected chi connectivity index (χ4v) is 2.01. The second kappa shape index (κ2) is 5.24. The number of ether oxygens (including phenoxy) is 1. The van der Waals surface area contributed by atoms with Gasteiger partial charge in [-0.3, -0.25) is 4.98 Å². The topological polar surface area (TPSA) is 42.4 Å². The van der Waals surface area contributed by atoms with Crippen molar-refractivity contribution in [2.24, 2.45) is 0 Å². The van der Waals surface area contributed by atoms with Gasteiger partial charge in [0.15, 0.2) is 0 Å². The molecule has 2 heterocycles. The Labute approximate surface area is 90.1 Å². The zero-order valence-electron chi connectivity index (χ0n) is 8.80. The van der Waals surface area contributed by atoms with Gasteiger partial charge >= 0.3 is 0 Å². The second-order valence-electron chi connectivity index (χ2n) is 4.09. The highest BCUT2D eigenvalue weighted by molar-refractivity contribution is 5.09. The van der Waals surface area contributed by atoms with Crippen LogP contribution in [0.2, 0.25) is 0 Å². The van der Waals surface area contributed by atoms with Crippen LogP contribution in [-0.4, -0.2) is 28.9 Å². The molecule has 1 N–H and O–H groups in total. The molecular formula is C12H17NO2. The maximum absolute atomic E-state index is 9.86. The molecule has 1 aromatic rings. The molecule has 1 fully saturated rings. The highest BCUT2D eigenvalue weighted by atomic mass is 16.5. The van der Waals surface area contributed by atoms with E-state index in [4.69, 9.17) is 4.74 Å². The molecule has 0 spiro atoms. The predicted molar refractivity (Wildman–Crippen MR) is 57.5 cm³/mol. The third kappa shape index (κ3) is 3.29. The highest BCUT2D eigenvalue weighted by Crippen LogP contribution is 2.18. The van der Waals surface area contributed by atoms with Gasteiger partial charge in [-0.1, -0.05) is 6.07 Å². The van der Waals surface area contributed by atoms with Crippen molar-refractivity contribution in [2.45, 2.75) is 37.9 Å². The number of aromatic nitrogens is 1. The molecule has 15 heavy (non-hydrogen) atoms. The molecule has 82 valence electrons. The first-order valence-electron chi connectivity index (χ1n) is 5.53. The lowest BCUT2D eigenvalue weighted by Gasteiger charge is -2.14. The summed E-state index contributed by atoms with van der Waals surface area (Å²) in [6.07, 6.45) is 7.14. The van der Waals surface area contributed by atoms with Gasteiger partial charge in [0.05, 0.1) is 12.2 Å². The van der Waals surface area contributed by atoms with Crippen molar-refractivity contribution in [2.75, 3.05) is 6.61 Å². The van der Waals surface area contributed by atoms with Gasteiger partial charge in [0.1, 0.15) is 0 Å². The molecule has 1 aromatic heterocycles. The van der Waals surface area contributed by atoms with Crippen molar-refractivity contribution in [3.8, 4) is 0 Å². The van der Waals surface area contributed by atoms with Gasteiger partial charge in [0.2, 0.25) is 0 Å². The molecule has 0 aromatic carbocycles. The Balaban J connectivity index is 1.79. The fraction of sp³-hybridized carbons (Fsp3) is 0.583. The summed E-state index contributed by atoms with van der Waals surface area (Å²) in [4.78, 5) is 4.03. The van der Waals surface area contributed by atoms with Crippen LogP contribution in [0.4, 0.5) is 0 Å². The third-order valence-electron chi connectivity index (χ3n) is 2.75. The molecule has 2 rings (SSSR count). The molecule has 2 atom stereocenters. The van der Waals surface area contributed by atoms with Gasteiger partial charge in [-0.15, -0.1) is 0 Å². The number of aliphatic hydroxyl groups excluding tert-OH is 1. The van der Waals surface area contributed by atoms with Crippen molar-refractivity contribution in [1.82, 2.24) is 4.98 Å². The molecule has 0 radical (unpaired) electrons. The molecule has 1 saturated heterocycles. The summed E-state index contributed by atoms with van der Waals surface area (Å²) in [5.74, 6) is 0. The number of nitrogens with zero attached hydrogens (tertiary/aromatic N) is 1. The summed E-state index contributed by atoms with van der Waals surface area (Å²) in [6, 6.07) is 3.89. The largest absolute Gasteiger partial charge is 0.393 e. The number of hydrogen-bond donors (Lipinski definition) is 1. The normalized spacial score (nSPS) is 22.9. The van der Waals surface area contributed by atoms with Crippen molar-refractivity contribution in [3.05, 3.63) is 30.1 Å².